The summed E-state index contributed by atoms with van der Waals surface area (Å²) < 4.78 is 7.72. The molecule has 2 aromatic rings. The SMILES string of the molecule is C[C@@H](Cn1ccnc1)NC(=O)NC[C@H]1Cc2ccccc2O1. The first-order valence-electron chi connectivity index (χ1n) is 7.45. The molecule has 0 spiro atoms. The minimum atomic E-state index is -0.174. The van der Waals surface area contributed by atoms with Crippen LogP contribution in [0.3, 0.4) is 0 Å². The molecule has 0 unspecified atom stereocenters. The zero-order valence-electron chi connectivity index (χ0n) is 12.5. The zero-order valence-corrected chi connectivity index (χ0v) is 12.5. The van der Waals surface area contributed by atoms with Crippen molar-refractivity contribution >= 4 is 6.03 Å². The fourth-order valence-electron chi connectivity index (χ4n) is 2.61. The quantitative estimate of drug-likeness (QED) is 0.881. The van der Waals surface area contributed by atoms with Crippen LogP contribution >= 0.6 is 0 Å². The minimum absolute atomic E-state index is 0.00658. The van der Waals surface area contributed by atoms with Crippen molar-refractivity contribution in [3.05, 3.63) is 48.5 Å². The van der Waals surface area contributed by atoms with Gasteiger partial charge in [-0.1, -0.05) is 18.2 Å². The number of para-hydroxylation sites is 1. The number of hydrogen-bond donors (Lipinski definition) is 2. The summed E-state index contributed by atoms with van der Waals surface area (Å²) in [7, 11) is 0. The summed E-state index contributed by atoms with van der Waals surface area (Å²) in [6.45, 7) is 3.15. The summed E-state index contributed by atoms with van der Waals surface area (Å²) in [6.07, 6.45) is 6.18. The normalized spacial score (nSPS) is 17.4. The molecule has 3 rings (SSSR count). The molecule has 2 N–H and O–H groups in total. The van der Waals surface area contributed by atoms with Crippen molar-refractivity contribution in [2.75, 3.05) is 6.54 Å². The molecule has 2 amide bonds. The summed E-state index contributed by atoms with van der Waals surface area (Å²) in [5, 5.41) is 5.78. The third-order valence-electron chi connectivity index (χ3n) is 3.63. The molecular weight excluding hydrogens is 280 g/mol. The largest absolute Gasteiger partial charge is 0.488 e. The van der Waals surface area contributed by atoms with E-state index in [0.717, 1.165) is 12.2 Å². The maximum Gasteiger partial charge on any atom is 0.315 e. The van der Waals surface area contributed by atoms with E-state index >= 15 is 0 Å². The van der Waals surface area contributed by atoms with Crippen molar-refractivity contribution in [3.8, 4) is 5.75 Å². The Bertz CT molecular complexity index is 602. The van der Waals surface area contributed by atoms with Crippen LogP contribution in [0, 0.1) is 0 Å². The van der Waals surface area contributed by atoms with Gasteiger partial charge in [0.25, 0.3) is 0 Å². The molecule has 2 atom stereocenters. The van der Waals surface area contributed by atoms with Crippen molar-refractivity contribution in [1.82, 2.24) is 20.2 Å². The fourth-order valence-corrected chi connectivity index (χ4v) is 2.61. The zero-order chi connectivity index (χ0) is 15.4. The molecule has 0 fully saturated rings. The number of hydrogen-bond acceptors (Lipinski definition) is 3. The van der Waals surface area contributed by atoms with Crippen LogP contribution in [-0.2, 0) is 13.0 Å². The number of amides is 2. The van der Waals surface area contributed by atoms with Gasteiger partial charge >= 0.3 is 6.03 Å². The second kappa shape index (κ2) is 6.51. The average Bonchev–Trinajstić information content (AvgIpc) is 3.13. The molecule has 6 nitrogen and oxygen atoms in total. The number of carbonyl (C=O) groups excluding carboxylic acids is 1. The maximum atomic E-state index is 11.9. The number of nitrogens with zero attached hydrogens (tertiary/aromatic N) is 2. The highest BCUT2D eigenvalue weighted by atomic mass is 16.5. The molecule has 22 heavy (non-hydrogen) atoms. The Morgan fingerprint density at radius 1 is 1.50 bits per heavy atom. The average molecular weight is 300 g/mol. The monoisotopic (exact) mass is 300 g/mol. The van der Waals surface area contributed by atoms with Gasteiger partial charge in [-0.2, -0.15) is 0 Å². The Kier molecular flexibility index (Phi) is 4.27. The van der Waals surface area contributed by atoms with Gasteiger partial charge in [0.2, 0.25) is 0 Å². The van der Waals surface area contributed by atoms with Crippen LogP contribution in [0.4, 0.5) is 4.79 Å². The van der Waals surface area contributed by atoms with E-state index in [0.29, 0.717) is 13.1 Å². The summed E-state index contributed by atoms with van der Waals surface area (Å²) in [5.41, 5.74) is 1.20. The van der Waals surface area contributed by atoms with Crippen LogP contribution in [0.25, 0.3) is 0 Å². The number of ether oxygens (including phenoxy) is 1. The summed E-state index contributed by atoms with van der Waals surface area (Å²) in [5.74, 6) is 0.920. The van der Waals surface area contributed by atoms with Gasteiger partial charge in [-0.3, -0.25) is 0 Å². The maximum absolute atomic E-state index is 11.9. The number of aromatic nitrogens is 2. The van der Waals surface area contributed by atoms with Crippen LogP contribution in [0.5, 0.6) is 5.75 Å². The number of imidazole rings is 1. The summed E-state index contributed by atoms with van der Waals surface area (Å²) in [6, 6.07) is 7.83. The first-order chi connectivity index (χ1) is 10.7. The Morgan fingerprint density at radius 3 is 3.14 bits per heavy atom. The van der Waals surface area contributed by atoms with E-state index in [-0.39, 0.29) is 18.2 Å². The lowest BCUT2D eigenvalue weighted by molar-refractivity contribution is 0.211. The van der Waals surface area contributed by atoms with Gasteiger partial charge in [0.05, 0.1) is 12.9 Å². The van der Waals surface area contributed by atoms with Gasteiger partial charge in [0.15, 0.2) is 0 Å². The predicted octanol–water partition coefficient (Wildman–Crippen LogP) is 1.57. The van der Waals surface area contributed by atoms with Crippen LogP contribution < -0.4 is 15.4 Å². The van der Waals surface area contributed by atoms with Crippen LogP contribution in [0.2, 0.25) is 0 Å². The highest BCUT2D eigenvalue weighted by Gasteiger charge is 2.22. The highest BCUT2D eigenvalue weighted by Crippen LogP contribution is 2.27. The predicted molar refractivity (Wildman–Crippen MR) is 82.8 cm³/mol. The minimum Gasteiger partial charge on any atom is -0.488 e. The Balaban J connectivity index is 1.40. The second-order valence-corrected chi connectivity index (χ2v) is 5.57. The molecule has 0 bridgehead atoms. The number of urea groups is 1. The van der Waals surface area contributed by atoms with Crippen molar-refractivity contribution in [3.63, 3.8) is 0 Å². The van der Waals surface area contributed by atoms with Gasteiger partial charge in [-0.25, -0.2) is 9.78 Å². The topological polar surface area (TPSA) is 68.2 Å². The third-order valence-corrected chi connectivity index (χ3v) is 3.63. The molecule has 1 aromatic heterocycles. The Labute approximate surface area is 129 Å². The molecule has 1 aliphatic rings. The van der Waals surface area contributed by atoms with E-state index in [1.54, 1.807) is 12.5 Å². The van der Waals surface area contributed by atoms with Gasteiger partial charge in [0, 0.05) is 31.4 Å². The van der Waals surface area contributed by atoms with E-state index in [4.69, 9.17) is 4.74 Å². The van der Waals surface area contributed by atoms with E-state index in [2.05, 4.69) is 21.7 Å². The summed E-state index contributed by atoms with van der Waals surface area (Å²) in [4.78, 5) is 15.9. The van der Waals surface area contributed by atoms with E-state index in [1.165, 1.54) is 5.56 Å². The van der Waals surface area contributed by atoms with Crippen LogP contribution in [0.15, 0.2) is 43.0 Å². The van der Waals surface area contributed by atoms with Gasteiger partial charge < -0.3 is 19.9 Å². The molecule has 2 heterocycles. The molecular formula is C16H20N4O2. The third kappa shape index (κ3) is 3.58. The van der Waals surface area contributed by atoms with Crippen LogP contribution in [-0.4, -0.2) is 34.3 Å². The van der Waals surface area contributed by atoms with Crippen molar-refractivity contribution in [1.29, 1.82) is 0 Å². The first-order valence-corrected chi connectivity index (χ1v) is 7.45. The standard InChI is InChI=1S/C16H20N4O2/c1-12(10-20-7-6-17-11-20)19-16(21)18-9-14-8-13-4-2-3-5-15(13)22-14/h2-7,11-12,14H,8-10H2,1H3,(H2,18,19,21)/t12-,14+/m0/s1. The number of fused-ring (bicyclic) bond motifs is 1. The van der Waals surface area contributed by atoms with Crippen molar-refractivity contribution < 1.29 is 9.53 Å². The number of carbonyl (C=O) groups is 1. The number of benzene rings is 1. The van der Waals surface area contributed by atoms with Gasteiger partial charge in [0.1, 0.15) is 11.9 Å². The van der Waals surface area contributed by atoms with Crippen molar-refractivity contribution in [2.24, 2.45) is 0 Å². The van der Waals surface area contributed by atoms with E-state index < -0.39 is 0 Å². The van der Waals surface area contributed by atoms with Gasteiger partial charge in [-0.15, -0.1) is 0 Å². The molecule has 0 saturated carbocycles. The Morgan fingerprint density at radius 2 is 2.36 bits per heavy atom. The van der Waals surface area contributed by atoms with E-state index in [1.807, 2.05) is 35.9 Å². The second-order valence-electron chi connectivity index (χ2n) is 5.57. The number of nitrogens with one attached hydrogen (secondary N) is 2. The smallest absolute Gasteiger partial charge is 0.315 e. The molecule has 0 saturated heterocycles. The summed E-state index contributed by atoms with van der Waals surface area (Å²) >= 11 is 0. The lowest BCUT2D eigenvalue weighted by Crippen LogP contribution is -2.45. The Hall–Kier alpha value is -2.50. The first kappa shape index (κ1) is 14.4. The van der Waals surface area contributed by atoms with Crippen LogP contribution in [0.1, 0.15) is 12.5 Å². The van der Waals surface area contributed by atoms with Gasteiger partial charge in [-0.05, 0) is 18.6 Å². The highest BCUT2D eigenvalue weighted by molar-refractivity contribution is 5.74. The molecule has 0 aliphatic carbocycles. The van der Waals surface area contributed by atoms with Crippen molar-refractivity contribution in [2.45, 2.75) is 32.0 Å². The molecule has 6 heteroatoms. The molecule has 1 aliphatic heterocycles. The lowest BCUT2D eigenvalue weighted by atomic mass is 10.1. The van der Waals surface area contributed by atoms with E-state index in [9.17, 15) is 4.79 Å². The molecule has 116 valence electrons. The lowest BCUT2D eigenvalue weighted by Gasteiger charge is -2.17. The fraction of sp³-hybridized carbons (Fsp3) is 0.375. The number of rotatable bonds is 5. The molecule has 1 aromatic carbocycles. The molecule has 0 radical (unpaired) electrons.